The van der Waals surface area contributed by atoms with Gasteiger partial charge < -0.3 is 0 Å². The number of carbonyl (C=O) groups excluding carboxylic acids is 1. The molecule has 1 unspecified atom stereocenters. The highest BCUT2D eigenvalue weighted by molar-refractivity contribution is 7.92. The van der Waals surface area contributed by atoms with Crippen LogP contribution in [0.2, 0.25) is 0 Å². The van der Waals surface area contributed by atoms with E-state index in [1.165, 1.54) is 0 Å². The average molecular weight is 272 g/mol. The third kappa shape index (κ3) is 1.32. The van der Waals surface area contributed by atoms with Crippen molar-refractivity contribution in [1.82, 2.24) is 0 Å². The van der Waals surface area contributed by atoms with Crippen molar-refractivity contribution in [1.29, 1.82) is 0 Å². The van der Waals surface area contributed by atoms with Gasteiger partial charge in [-0.3, -0.25) is 4.79 Å². The van der Waals surface area contributed by atoms with Gasteiger partial charge in [0.05, 0.1) is 11.0 Å². The second kappa shape index (κ2) is 3.45. The van der Waals surface area contributed by atoms with Crippen LogP contribution in [0.15, 0.2) is 41.5 Å². The van der Waals surface area contributed by atoms with Gasteiger partial charge >= 0.3 is 0 Å². The normalized spacial score (nSPS) is 26.8. The number of ketones is 1. The van der Waals surface area contributed by atoms with Crippen molar-refractivity contribution < 1.29 is 13.2 Å². The van der Waals surface area contributed by atoms with E-state index in [1.807, 2.05) is 30.3 Å². The fourth-order valence-corrected chi connectivity index (χ4v) is 5.26. The van der Waals surface area contributed by atoms with Gasteiger partial charge in [0.15, 0.2) is 15.6 Å². The summed E-state index contributed by atoms with van der Waals surface area (Å²) in [5.74, 6) is 0.181. The molecule has 1 aromatic rings. The minimum absolute atomic E-state index is 0.00125. The number of hydrogen-bond acceptors (Lipinski definition) is 3. The lowest BCUT2D eigenvalue weighted by molar-refractivity contribution is 0.104. The van der Waals surface area contributed by atoms with Crippen molar-refractivity contribution in [3.63, 3.8) is 0 Å². The molecule has 0 aromatic heterocycles. The molecule has 0 amide bonds. The lowest BCUT2D eigenvalue weighted by atomic mass is 9.89. The minimum atomic E-state index is -3.05. The van der Waals surface area contributed by atoms with Crippen LogP contribution in [0.25, 0.3) is 5.57 Å². The molecule has 1 aliphatic heterocycles. The summed E-state index contributed by atoms with van der Waals surface area (Å²) in [7, 11) is -3.05. The lowest BCUT2D eigenvalue weighted by Crippen LogP contribution is -2.20. The van der Waals surface area contributed by atoms with E-state index in [1.54, 1.807) is 0 Å². The molecule has 1 heterocycles. The minimum Gasteiger partial charge on any atom is -0.289 e. The number of rotatable bonds is 0. The van der Waals surface area contributed by atoms with E-state index in [0.29, 0.717) is 24.0 Å². The zero-order valence-electron chi connectivity index (χ0n) is 10.2. The van der Waals surface area contributed by atoms with Gasteiger partial charge in [0, 0.05) is 11.1 Å². The van der Waals surface area contributed by atoms with Crippen molar-refractivity contribution in [3.05, 3.63) is 52.6 Å². The summed E-state index contributed by atoms with van der Waals surface area (Å²) in [6.07, 6.45) is 2.95. The van der Waals surface area contributed by atoms with Gasteiger partial charge in [0.2, 0.25) is 0 Å². The van der Waals surface area contributed by atoms with Crippen LogP contribution in [0, 0.1) is 0 Å². The highest BCUT2D eigenvalue weighted by atomic mass is 32.2. The quantitative estimate of drug-likeness (QED) is 0.727. The highest BCUT2D eigenvalue weighted by Gasteiger charge is 2.44. The van der Waals surface area contributed by atoms with Gasteiger partial charge in [-0.15, -0.1) is 0 Å². The summed E-state index contributed by atoms with van der Waals surface area (Å²) in [6, 6.07) is 7.53. The number of hydrogen-bond donors (Lipinski definition) is 0. The predicted molar refractivity (Wildman–Crippen MR) is 72.6 cm³/mol. The number of fused-ring (bicyclic) bond motifs is 4. The fourth-order valence-electron chi connectivity index (χ4n) is 3.41. The van der Waals surface area contributed by atoms with E-state index in [4.69, 9.17) is 0 Å². The van der Waals surface area contributed by atoms with Crippen molar-refractivity contribution in [2.45, 2.75) is 18.1 Å². The molecule has 3 nitrogen and oxygen atoms in total. The molecular formula is C15H12O3S. The summed E-state index contributed by atoms with van der Waals surface area (Å²) in [5, 5.41) is -0.454. The highest BCUT2D eigenvalue weighted by Crippen LogP contribution is 2.46. The van der Waals surface area contributed by atoms with E-state index in [0.717, 1.165) is 16.7 Å². The van der Waals surface area contributed by atoms with Crippen LogP contribution < -0.4 is 0 Å². The summed E-state index contributed by atoms with van der Waals surface area (Å²) in [6.45, 7) is 0. The molecule has 0 bridgehead atoms. The number of carbonyl (C=O) groups is 1. The van der Waals surface area contributed by atoms with Crippen LogP contribution in [0.1, 0.15) is 28.8 Å². The summed E-state index contributed by atoms with van der Waals surface area (Å²) >= 11 is 0. The van der Waals surface area contributed by atoms with E-state index < -0.39 is 15.1 Å². The SMILES string of the molecule is O=C1C2=C3CCS(=O)(=O)C3CC=C2c2ccccc21. The first-order valence-corrected chi connectivity index (χ1v) is 8.10. The Hall–Kier alpha value is -1.68. The molecule has 1 aromatic carbocycles. The molecular weight excluding hydrogens is 260 g/mol. The monoisotopic (exact) mass is 272 g/mol. The molecule has 96 valence electrons. The molecule has 19 heavy (non-hydrogen) atoms. The van der Waals surface area contributed by atoms with E-state index >= 15 is 0 Å². The Bertz CT molecular complexity index is 781. The maximum atomic E-state index is 12.5. The Kier molecular flexibility index (Phi) is 2.03. The van der Waals surface area contributed by atoms with Gasteiger partial charge in [0.1, 0.15) is 0 Å². The Morgan fingerprint density at radius 2 is 1.84 bits per heavy atom. The molecule has 4 heteroatoms. The van der Waals surface area contributed by atoms with Crippen LogP contribution in [0.4, 0.5) is 0 Å². The van der Waals surface area contributed by atoms with Crippen LogP contribution in [-0.2, 0) is 9.84 Å². The molecule has 3 aliphatic rings. The van der Waals surface area contributed by atoms with Crippen molar-refractivity contribution in [3.8, 4) is 0 Å². The van der Waals surface area contributed by atoms with Gasteiger partial charge in [-0.05, 0) is 29.6 Å². The Balaban J connectivity index is 2.00. The maximum Gasteiger partial charge on any atom is 0.194 e. The third-order valence-electron chi connectivity index (χ3n) is 4.29. The Morgan fingerprint density at radius 1 is 1.11 bits per heavy atom. The molecule has 1 atom stereocenters. The summed E-state index contributed by atoms with van der Waals surface area (Å²) in [5.41, 5.74) is 4.13. The Labute approximate surface area is 111 Å². The topological polar surface area (TPSA) is 51.2 Å². The smallest absolute Gasteiger partial charge is 0.194 e. The molecule has 0 radical (unpaired) electrons. The zero-order chi connectivity index (χ0) is 13.2. The molecule has 0 N–H and O–H groups in total. The van der Waals surface area contributed by atoms with Crippen molar-refractivity contribution in [2.75, 3.05) is 5.75 Å². The van der Waals surface area contributed by atoms with Gasteiger partial charge in [-0.2, -0.15) is 0 Å². The van der Waals surface area contributed by atoms with Crippen LogP contribution in [0.5, 0.6) is 0 Å². The van der Waals surface area contributed by atoms with E-state index in [-0.39, 0.29) is 11.5 Å². The van der Waals surface area contributed by atoms with Gasteiger partial charge in [0.25, 0.3) is 0 Å². The van der Waals surface area contributed by atoms with Crippen molar-refractivity contribution in [2.24, 2.45) is 0 Å². The second-order valence-corrected chi connectivity index (χ2v) is 7.54. The van der Waals surface area contributed by atoms with E-state index in [9.17, 15) is 13.2 Å². The predicted octanol–water partition coefficient (Wildman–Crippen LogP) is 2.15. The number of sulfone groups is 1. The zero-order valence-corrected chi connectivity index (χ0v) is 11.0. The largest absolute Gasteiger partial charge is 0.289 e. The molecule has 0 spiro atoms. The molecule has 2 aliphatic carbocycles. The van der Waals surface area contributed by atoms with Gasteiger partial charge in [-0.1, -0.05) is 30.3 Å². The van der Waals surface area contributed by atoms with Crippen molar-refractivity contribution >= 4 is 21.2 Å². The molecule has 1 fully saturated rings. The van der Waals surface area contributed by atoms with Crippen LogP contribution in [0.3, 0.4) is 0 Å². The fraction of sp³-hybridized carbons (Fsp3) is 0.267. The van der Waals surface area contributed by atoms with Crippen LogP contribution in [-0.4, -0.2) is 25.2 Å². The maximum absolute atomic E-state index is 12.5. The molecule has 1 saturated heterocycles. The van der Waals surface area contributed by atoms with Gasteiger partial charge in [-0.25, -0.2) is 8.42 Å². The first-order chi connectivity index (χ1) is 9.09. The number of Topliss-reactive ketones (excluding diaryl/α,β-unsaturated/α-hetero) is 1. The second-order valence-electron chi connectivity index (χ2n) is 5.23. The number of benzene rings is 1. The summed E-state index contributed by atoms with van der Waals surface area (Å²) < 4.78 is 24.0. The third-order valence-corrected chi connectivity index (χ3v) is 6.41. The lowest BCUT2D eigenvalue weighted by Gasteiger charge is -2.18. The summed E-state index contributed by atoms with van der Waals surface area (Å²) in [4.78, 5) is 12.5. The average Bonchev–Trinajstić information content (AvgIpc) is 2.87. The molecule has 4 rings (SSSR count). The number of allylic oxidation sites excluding steroid dienone is 3. The molecule has 0 saturated carbocycles. The standard InChI is InChI=1S/C15H12O3S/c16-15-11-4-2-1-3-9(11)10-5-6-13-12(14(10)15)7-8-19(13,17)18/h1-5,13H,6-8H2. The first-order valence-electron chi connectivity index (χ1n) is 6.39. The Morgan fingerprint density at radius 3 is 2.63 bits per heavy atom. The first kappa shape index (κ1) is 11.2. The van der Waals surface area contributed by atoms with Crippen LogP contribution >= 0.6 is 0 Å². The van der Waals surface area contributed by atoms with E-state index in [2.05, 4.69) is 0 Å².